The van der Waals surface area contributed by atoms with Crippen molar-refractivity contribution < 1.29 is 13.2 Å². The summed E-state index contributed by atoms with van der Waals surface area (Å²) >= 11 is 11.5. The molecule has 0 radical (unpaired) electrons. The number of halogens is 5. The second kappa shape index (κ2) is 5.94. The van der Waals surface area contributed by atoms with Crippen LogP contribution in [0.15, 0.2) is 18.2 Å². The number of benzene rings is 1. The maximum atomic E-state index is 12.7. The first kappa shape index (κ1) is 14.6. The van der Waals surface area contributed by atoms with Gasteiger partial charge in [-0.3, -0.25) is 0 Å². The molecule has 1 unspecified atom stereocenters. The Bertz CT molecular complexity index is 359. The number of alkyl halides is 3. The van der Waals surface area contributed by atoms with Gasteiger partial charge in [-0.15, -0.1) is 0 Å². The van der Waals surface area contributed by atoms with Crippen LogP contribution in [0.5, 0.6) is 0 Å². The van der Waals surface area contributed by atoms with Crippen LogP contribution >= 0.6 is 23.2 Å². The molecule has 6 heteroatoms. The first-order valence-corrected chi connectivity index (χ1v) is 5.80. The van der Waals surface area contributed by atoms with E-state index in [1.165, 1.54) is 18.2 Å². The van der Waals surface area contributed by atoms with E-state index in [2.05, 4.69) is 0 Å². The van der Waals surface area contributed by atoms with Gasteiger partial charge in [-0.05, 0) is 43.1 Å². The summed E-state index contributed by atoms with van der Waals surface area (Å²) in [7, 11) is 0. The molecule has 0 saturated heterocycles. The van der Waals surface area contributed by atoms with Gasteiger partial charge < -0.3 is 5.73 Å². The molecule has 1 atom stereocenters. The smallest absolute Gasteiger partial charge is 0.330 e. The molecule has 0 aliphatic heterocycles. The van der Waals surface area contributed by atoms with Crippen LogP contribution in [0.4, 0.5) is 13.2 Å². The molecule has 0 heterocycles. The van der Waals surface area contributed by atoms with Crippen molar-refractivity contribution >= 4 is 23.2 Å². The first-order chi connectivity index (χ1) is 7.82. The lowest BCUT2D eigenvalue weighted by Crippen LogP contribution is -2.27. The van der Waals surface area contributed by atoms with Crippen LogP contribution in [-0.4, -0.2) is 12.7 Å². The summed E-state index contributed by atoms with van der Waals surface area (Å²) in [5.41, 5.74) is 5.66. The number of hydrogen-bond acceptors (Lipinski definition) is 1. The third-order valence-corrected chi connectivity index (χ3v) is 2.82. The number of nitrogens with two attached hydrogens (primary N) is 1. The second-order valence-electron chi connectivity index (χ2n) is 3.80. The normalized spacial score (nSPS) is 13.8. The molecule has 1 aromatic rings. The van der Waals surface area contributed by atoms with Crippen LogP contribution in [-0.2, 0) is 6.42 Å². The standard InChI is InChI=1S/C11H12Cl2F3N/c12-9-4-7(5-10(13)6-9)3-8(1-2-17)11(14,15)16/h4-6,8H,1-3,17H2. The molecule has 0 spiro atoms. The Balaban J connectivity index is 2.86. The average Bonchev–Trinajstić information content (AvgIpc) is 2.13. The summed E-state index contributed by atoms with van der Waals surface area (Å²) < 4.78 is 38.0. The van der Waals surface area contributed by atoms with Crippen molar-refractivity contribution in [1.29, 1.82) is 0 Å². The van der Waals surface area contributed by atoms with Crippen LogP contribution in [0.2, 0.25) is 10.0 Å². The van der Waals surface area contributed by atoms with E-state index < -0.39 is 12.1 Å². The van der Waals surface area contributed by atoms with Crippen LogP contribution in [0.25, 0.3) is 0 Å². The predicted molar refractivity (Wildman–Crippen MR) is 63.4 cm³/mol. The highest BCUT2D eigenvalue weighted by atomic mass is 35.5. The van der Waals surface area contributed by atoms with Gasteiger partial charge in [0.15, 0.2) is 0 Å². The van der Waals surface area contributed by atoms with E-state index in [4.69, 9.17) is 28.9 Å². The monoisotopic (exact) mass is 285 g/mol. The zero-order chi connectivity index (χ0) is 13.1. The zero-order valence-electron chi connectivity index (χ0n) is 8.90. The molecule has 0 aromatic heterocycles. The van der Waals surface area contributed by atoms with Crippen molar-refractivity contribution in [1.82, 2.24) is 0 Å². The van der Waals surface area contributed by atoms with Crippen LogP contribution in [0.1, 0.15) is 12.0 Å². The van der Waals surface area contributed by atoms with Crippen molar-refractivity contribution in [2.75, 3.05) is 6.54 Å². The highest BCUT2D eigenvalue weighted by Gasteiger charge is 2.38. The molecule has 0 aliphatic carbocycles. The largest absolute Gasteiger partial charge is 0.392 e. The fourth-order valence-electron chi connectivity index (χ4n) is 1.60. The molecule has 17 heavy (non-hydrogen) atoms. The summed E-state index contributed by atoms with van der Waals surface area (Å²) in [6.07, 6.45) is -4.51. The molecular formula is C11H12Cl2F3N. The quantitative estimate of drug-likeness (QED) is 0.887. The van der Waals surface area contributed by atoms with Crippen molar-refractivity contribution in [3.05, 3.63) is 33.8 Å². The fraction of sp³-hybridized carbons (Fsp3) is 0.455. The van der Waals surface area contributed by atoms with Gasteiger partial charge in [0.1, 0.15) is 0 Å². The summed E-state index contributed by atoms with van der Waals surface area (Å²) in [4.78, 5) is 0. The molecule has 0 bridgehead atoms. The molecule has 1 rings (SSSR count). The lowest BCUT2D eigenvalue weighted by molar-refractivity contribution is -0.175. The van der Waals surface area contributed by atoms with E-state index in [1.54, 1.807) is 0 Å². The Morgan fingerprint density at radius 1 is 1.12 bits per heavy atom. The van der Waals surface area contributed by atoms with Gasteiger partial charge in [0.05, 0.1) is 5.92 Å². The van der Waals surface area contributed by atoms with Crippen LogP contribution < -0.4 is 5.73 Å². The average molecular weight is 286 g/mol. The third-order valence-electron chi connectivity index (χ3n) is 2.38. The maximum Gasteiger partial charge on any atom is 0.392 e. The number of rotatable bonds is 4. The molecule has 2 N–H and O–H groups in total. The minimum atomic E-state index is -4.26. The SMILES string of the molecule is NCCC(Cc1cc(Cl)cc(Cl)c1)C(F)(F)F. The summed E-state index contributed by atoms with van der Waals surface area (Å²) in [5.74, 6) is -1.46. The summed E-state index contributed by atoms with van der Waals surface area (Å²) in [5, 5.41) is 0.669. The summed E-state index contributed by atoms with van der Waals surface area (Å²) in [6.45, 7) is -0.00151. The topological polar surface area (TPSA) is 26.0 Å². The number of hydrogen-bond donors (Lipinski definition) is 1. The van der Waals surface area contributed by atoms with E-state index in [9.17, 15) is 13.2 Å². The Kier molecular flexibility index (Phi) is 5.10. The van der Waals surface area contributed by atoms with Crippen LogP contribution in [0.3, 0.4) is 0 Å². The van der Waals surface area contributed by atoms with Gasteiger partial charge in [0.25, 0.3) is 0 Å². The van der Waals surface area contributed by atoms with Gasteiger partial charge in [0.2, 0.25) is 0 Å². The second-order valence-corrected chi connectivity index (χ2v) is 4.67. The molecule has 0 saturated carbocycles. The zero-order valence-corrected chi connectivity index (χ0v) is 10.4. The molecular weight excluding hydrogens is 274 g/mol. The van der Waals surface area contributed by atoms with Gasteiger partial charge >= 0.3 is 6.18 Å². The molecule has 0 aliphatic rings. The van der Waals surface area contributed by atoms with Gasteiger partial charge in [-0.25, -0.2) is 0 Å². The Hall–Kier alpha value is -0.450. The minimum absolute atomic E-state index is 0.00151. The van der Waals surface area contributed by atoms with Crippen molar-refractivity contribution in [3.8, 4) is 0 Å². The molecule has 1 nitrogen and oxygen atoms in total. The first-order valence-electron chi connectivity index (χ1n) is 5.04. The maximum absolute atomic E-state index is 12.7. The van der Waals surface area contributed by atoms with Gasteiger partial charge in [0, 0.05) is 10.0 Å². The highest BCUT2D eigenvalue weighted by molar-refractivity contribution is 6.34. The van der Waals surface area contributed by atoms with E-state index in [-0.39, 0.29) is 19.4 Å². The lowest BCUT2D eigenvalue weighted by Gasteiger charge is -2.19. The Morgan fingerprint density at radius 2 is 1.65 bits per heavy atom. The molecule has 96 valence electrons. The molecule has 0 amide bonds. The van der Waals surface area contributed by atoms with Crippen molar-refractivity contribution in [2.45, 2.75) is 19.0 Å². The summed E-state index contributed by atoms with van der Waals surface area (Å²) in [6, 6.07) is 4.46. The van der Waals surface area contributed by atoms with Gasteiger partial charge in [-0.2, -0.15) is 13.2 Å². The van der Waals surface area contributed by atoms with Crippen LogP contribution in [0, 0.1) is 5.92 Å². The van der Waals surface area contributed by atoms with Crippen molar-refractivity contribution in [2.24, 2.45) is 11.7 Å². The Morgan fingerprint density at radius 3 is 2.06 bits per heavy atom. The van der Waals surface area contributed by atoms with E-state index >= 15 is 0 Å². The fourth-order valence-corrected chi connectivity index (χ4v) is 2.17. The van der Waals surface area contributed by atoms with E-state index in [0.717, 1.165) is 0 Å². The molecule has 1 aromatic carbocycles. The minimum Gasteiger partial charge on any atom is -0.330 e. The highest BCUT2D eigenvalue weighted by Crippen LogP contribution is 2.32. The van der Waals surface area contributed by atoms with Gasteiger partial charge in [-0.1, -0.05) is 23.2 Å². The van der Waals surface area contributed by atoms with E-state index in [0.29, 0.717) is 15.6 Å². The van der Waals surface area contributed by atoms with Crippen molar-refractivity contribution in [3.63, 3.8) is 0 Å². The van der Waals surface area contributed by atoms with E-state index in [1.807, 2.05) is 0 Å². The lowest BCUT2D eigenvalue weighted by atomic mass is 9.95. The Labute approximate surface area is 108 Å². The third kappa shape index (κ3) is 4.74. The molecule has 0 fully saturated rings. The predicted octanol–water partition coefficient (Wildman–Crippen LogP) is 4.06.